The average Bonchev–Trinajstić information content (AvgIpc) is 2.29. The molecule has 16 heavy (non-hydrogen) atoms. The number of likely N-dealkylation sites (N-methyl/N-ethyl adjacent to an activating group) is 1. The van der Waals surface area contributed by atoms with Crippen molar-refractivity contribution in [3.63, 3.8) is 0 Å². The molecule has 1 aromatic rings. The van der Waals surface area contributed by atoms with Crippen LogP contribution in [0.1, 0.15) is 25.5 Å². The highest BCUT2D eigenvalue weighted by Crippen LogP contribution is 2.27. The maximum absolute atomic E-state index is 5.63. The van der Waals surface area contributed by atoms with Gasteiger partial charge in [-0.15, -0.1) is 0 Å². The predicted octanol–water partition coefficient (Wildman–Crippen LogP) is 2.04. The van der Waals surface area contributed by atoms with Crippen LogP contribution in [0.3, 0.4) is 0 Å². The first kappa shape index (κ1) is 13.0. The molecule has 2 N–H and O–H groups in total. The topological polar surface area (TPSA) is 38.5 Å². The third-order valence-corrected chi connectivity index (χ3v) is 2.81. The Kier molecular flexibility index (Phi) is 5.29. The molecule has 0 radical (unpaired) electrons. The summed E-state index contributed by atoms with van der Waals surface area (Å²) in [5, 5.41) is 0. The molecule has 0 amide bonds. The number of rotatable bonds is 6. The van der Waals surface area contributed by atoms with Gasteiger partial charge in [0.05, 0.1) is 6.61 Å². The molecule has 0 spiro atoms. The molecule has 3 nitrogen and oxygen atoms in total. The van der Waals surface area contributed by atoms with E-state index in [4.69, 9.17) is 10.5 Å². The highest BCUT2D eigenvalue weighted by molar-refractivity contribution is 5.35. The predicted molar refractivity (Wildman–Crippen MR) is 67.7 cm³/mol. The number of ether oxygens (including phenoxy) is 1. The van der Waals surface area contributed by atoms with Crippen molar-refractivity contribution in [3.8, 4) is 5.75 Å². The first-order chi connectivity index (χ1) is 7.70. The van der Waals surface area contributed by atoms with Crippen molar-refractivity contribution in [3.05, 3.63) is 29.8 Å². The van der Waals surface area contributed by atoms with Gasteiger partial charge in [0.1, 0.15) is 5.75 Å². The van der Waals surface area contributed by atoms with Gasteiger partial charge in [0.2, 0.25) is 0 Å². The van der Waals surface area contributed by atoms with Gasteiger partial charge in [-0.2, -0.15) is 0 Å². The molecule has 0 saturated heterocycles. The second kappa shape index (κ2) is 6.51. The van der Waals surface area contributed by atoms with Crippen LogP contribution in [-0.2, 0) is 0 Å². The van der Waals surface area contributed by atoms with E-state index >= 15 is 0 Å². The second-order valence-corrected chi connectivity index (χ2v) is 3.92. The highest BCUT2D eigenvalue weighted by Gasteiger charge is 2.14. The van der Waals surface area contributed by atoms with E-state index in [2.05, 4.69) is 24.9 Å². The van der Waals surface area contributed by atoms with Gasteiger partial charge in [-0.3, -0.25) is 4.90 Å². The number of nitrogens with two attached hydrogens (primary N) is 1. The Morgan fingerprint density at radius 2 is 2.06 bits per heavy atom. The van der Waals surface area contributed by atoms with Crippen molar-refractivity contribution < 1.29 is 4.74 Å². The van der Waals surface area contributed by atoms with Crippen LogP contribution in [-0.4, -0.2) is 31.6 Å². The Labute approximate surface area is 98.2 Å². The standard InChI is InChI=1S/C13H22N2O/c1-4-16-13-8-6-5-7-12(13)11(2)15(3)10-9-14/h5-8,11H,4,9-10,14H2,1-3H3. The largest absolute Gasteiger partial charge is 0.494 e. The van der Waals surface area contributed by atoms with Crippen molar-refractivity contribution in [2.24, 2.45) is 5.73 Å². The third-order valence-electron chi connectivity index (χ3n) is 2.81. The third kappa shape index (κ3) is 3.22. The summed E-state index contributed by atoms with van der Waals surface area (Å²) in [6.45, 7) is 6.45. The Balaban J connectivity index is 2.84. The number of hydrogen-bond donors (Lipinski definition) is 1. The number of benzene rings is 1. The summed E-state index contributed by atoms with van der Waals surface area (Å²) in [5.74, 6) is 0.973. The van der Waals surface area contributed by atoms with Gasteiger partial charge in [-0.25, -0.2) is 0 Å². The Hall–Kier alpha value is -1.06. The Morgan fingerprint density at radius 1 is 1.38 bits per heavy atom. The van der Waals surface area contributed by atoms with Gasteiger partial charge in [0.25, 0.3) is 0 Å². The lowest BCUT2D eigenvalue weighted by molar-refractivity contribution is 0.256. The molecule has 1 atom stereocenters. The highest BCUT2D eigenvalue weighted by atomic mass is 16.5. The summed E-state index contributed by atoms with van der Waals surface area (Å²) in [6, 6.07) is 8.51. The van der Waals surface area contributed by atoms with Crippen LogP contribution in [0.4, 0.5) is 0 Å². The van der Waals surface area contributed by atoms with E-state index in [0.29, 0.717) is 19.2 Å². The fourth-order valence-corrected chi connectivity index (χ4v) is 1.75. The van der Waals surface area contributed by atoms with E-state index in [1.54, 1.807) is 0 Å². The maximum Gasteiger partial charge on any atom is 0.124 e. The number of nitrogens with zero attached hydrogens (tertiary/aromatic N) is 1. The maximum atomic E-state index is 5.63. The number of para-hydroxylation sites is 1. The minimum absolute atomic E-state index is 0.325. The van der Waals surface area contributed by atoms with Crippen molar-refractivity contribution in [1.82, 2.24) is 4.90 Å². The van der Waals surface area contributed by atoms with Gasteiger partial charge in [0.15, 0.2) is 0 Å². The van der Waals surface area contributed by atoms with Gasteiger partial charge in [-0.1, -0.05) is 18.2 Å². The monoisotopic (exact) mass is 222 g/mol. The minimum Gasteiger partial charge on any atom is -0.494 e. The van der Waals surface area contributed by atoms with Gasteiger partial charge >= 0.3 is 0 Å². The zero-order valence-electron chi connectivity index (χ0n) is 10.4. The lowest BCUT2D eigenvalue weighted by Gasteiger charge is -2.26. The molecular formula is C13H22N2O. The molecule has 0 aliphatic heterocycles. The first-order valence-electron chi connectivity index (χ1n) is 5.82. The molecule has 0 saturated carbocycles. The summed E-state index contributed by atoms with van der Waals surface area (Å²) in [4.78, 5) is 2.23. The van der Waals surface area contributed by atoms with Crippen LogP contribution >= 0.6 is 0 Å². The normalized spacial score (nSPS) is 12.8. The van der Waals surface area contributed by atoms with Crippen LogP contribution in [0.25, 0.3) is 0 Å². The van der Waals surface area contributed by atoms with E-state index < -0.39 is 0 Å². The zero-order valence-corrected chi connectivity index (χ0v) is 10.4. The molecule has 1 rings (SSSR count). The molecule has 0 heterocycles. The van der Waals surface area contributed by atoms with Crippen molar-refractivity contribution in [2.45, 2.75) is 19.9 Å². The SMILES string of the molecule is CCOc1ccccc1C(C)N(C)CCN. The van der Waals surface area contributed by atoms with E-state index in [1.165, 1.54) is 5.56 Å². The van der Waals surface area contributed by atoms with E-state index in [0.717, 1.165) is 12.3 Å². The minimum atomic E-state index is 0.325. The Morgan fingerprint density at radius 3 is 2.69 bits per heavy atom. The van der Waals surface area contributed by atoms with Crippen LogP contribution in [0.2, 0.25) is 0 Å². The fraction of sp³-hybridized carbons (Fsp3) is 0.538. The van der Waals surface area contributed by atoms with E-state index in [-0.39, 0.29) is 0 Å². The first-order valence-corrected chi connectivity index (χ1v) is 5.82. The van der Waals surface area contributed by atoms with Crippen molar-refractivity contribution in [2.75, 3.05) is 26.7 Å². The average molecular weight is 222 g/mol. The summed E-state index contributed by atoms with van der Waals surface area (Å²) in [7, 11) is 2.08. The molecule has 0 aromatic heterocycles. The summed E-state index contributed by atoms with van der Waals surface area (Å²) in [5.41, 5.74) is 6.79. The van der Waals surface area contributed by atoms with Crippen molar-refractivity contribution >= 4 is 0 Å². The molecular weight excluding hydrogens is 200 g/mol. The number of hydrogen-bond acceptors (Lipinski definition) is 3. The van der Waals surface area contributed by atoms with Gasteiger partial charge in [-0.05, 0) is 27.0 Å². The zero-order chi connectivity index (χ0) is 12.0. The summed E-state index contributed by atoms with van der Waals surface area (Å²) < 4.78 is 5.63. The Bertz CT molecular complexity index is 315. The smallest absolute Gasteiger partial charge is 0.124 e. The lowest BCUT2D eigenvalue weighted by Crippen LogP contribution is -2.28. The molecule has 1 unspecified atom stereocenters. The molecule has 0 aliphatic carbocycles. The van der Waals surface area contributed by atoms with Crippen molar-refractivity contribution in [1.29, 1.82) is 0 Å². The van der Waals surface area contributed by atoms with E-state index in [9.17, 15) is 0 Å². The van der Waals surface area contributed by atoms with Gasteiger partial charge < -0.3 is 10.5 Å². The second-order valence-electron chi connectivity index (χ2n) is 3.92. The molecule has 90 valence electrons. The van der Waals surface area contributed by atoms with Crippen LogP contribution < -0.4 is 10.5 Å². The summed E-state index contributed by atoms with van der Waals surface area (Å²) in [6.07, 6.45) is 0. The molecule has 0 aliphatic rings. The quantitative estimate of drug-likeness (QED) is 0.800. The molecule has 1 aromatic carbocycles. The summed E-state index contributed by atoms with van der Waals surface area (Å²) >= 11 is 0. The molecule has 0 bridgehead atoms. The molecule has 3 heteroatoms. The van der Waals surface area contributed by atoms with Crippen LogP contribution in [0.5, 0.6) is 5.75 Å². The molecule has 0 fully saturated rings. The fourth-order valence-electron chi connectivity index (χ4n) is 1.75. The van der Waals surface area contributed by atoms with Gasteiger partial charge in [0, 0.05) is 24.7 Å². The van der Waals surface area contributed by atoms with Crippen LogP contribution in [0.15, 0.2) is 24.3 Å². The van der Waals surface area contributed by atoms with E-state index in [1.807, 2.05) is 25.1 Å². The lowest BCUT2D eigenvalue weighted by atomic mass is 10.1. The van der Waals surface area contributed by atoms with Crippen LogP contribution in [0, 0.1) is 0 Å².